The minimum Gasteiger partial charge on any atom is -0.494 e. The minimum atomic E-state index is 0.808. The lowest BCUT2D eigenvalue weighted by Gasteiger charge is -2.06. The van der Waals surface area contributed by atoms with Crippen LogP contribution in [-0.2, 0) is 0 Å². The first-order chi connectivity index (χ1) is 13.3. The first-order valence-electron chi connectivity index (χ1n) is 10.1. The van der Waals surface area contributed by atoms with E-state index in [0.717, 1.165) is 35.6 Å². The lowest BCUT2D eigenvalue weighted by atomic mass is 10.1. The molecule has 27 heavy (non-hydrogen) atoms. The van der Waals surface area contributed by atoms with Crippen molar-refractivity contribution in [3.05, 3.63) is 71.9 Å². The number of ether oxygens (including phenoxy) is 1. The van der Waals surface area contributed by atoms with Crippen molar-refractivity contribution < 1.29 is 4.74 Å². The van der Waals surface area contributed by atoms with E-state index in [9.17, 15) is 0 Å². The number of benzene rings is 2. The third-order valence-corrected chi connectivity index (χ3v) is 4.71. The van der Waals surface area contributed by atoms with Crippen molar-refractivity contribution in [1.82, 2.24) is 4.98 Å². The second-order valence-corrected chi connectivity index (χ2v) is 6.95. The van der Waals surface area contributed by atoms with Gasteiger partial charge in [0.15, 0.2) is 0 Å². The zero-order valence-corrected chi connectivity index (χ0v) is 16.2. The molecule has 0 fully saturated rings. The molecule has 140 valence electrons. The van der Waals surface area contributed by atoms with Crippen molar-refractivity contribution in [1.29, 1.82) is 0 Å². The van der Waals surface area contributed by atoms with Crippen molar-refractivity contribution in [3.8, 4) is 5.75 Å². The Morgan fingerprint density at radius 3 is 2.41 bits per heavy atom. The van der Waals surface area contributed by atoms with E-state index in [-0.39, 0.29) is 0 Å². The minimum absolute atomic E-state index is 0.808. The number of hydrogen-bond donors (Lipinski definition) is 0. The number of unbranched alkanes of at least 4 members (excludes halogenated alkanes) is 5. The Labute approximate surface area is 162 Å². The molecule has 0 aliphatic carbocycles. The molecule has 2 aromatic carbocycles. The molecular weight excluding hydrogens is 330 g/mol. The summed E-state index contributed by atoms with van der Waals surface area (Å²) in [7, 11) is 0. The summed E-state index contributed by atoms with van der Waals surface area (Å²) >= 11 is 0. The van der Waals surface area contributed by atoms with Crippen molar-refractivity contribution in [2.24, 2.45) is 0 Å². The van der Waals surface area contributed by atoms with Gasteiger partial charge in [0.05, 0.1) is 17.8 Å². The Morgan fingerprint density at radius 1 is 0.778 bits per heavy atom. The van der Waals surface area contributed by atoms with Gasteiger partial charge in [0, 0.05) is 5.39 Å². The summed E-state index contributed by atoms with van der Waals surface area (Å²) in [5, 5.41) is 1.17. The maximum Gasteiger partial charge on any atom is 0.119 e. The van der Waals surface area contributed by atoms with Gasteiger partial charge in [0.1, 0.15) is 5.75 Å². The molecule has 1 heterocycles. The Hall–Kier alpha value is -2.61. The quantitative estimate of drug-likeness (QED) is 0.359. The molecule has 2 nitrogen and oxygen atoms in total. The van der Waals surface area contributed by atoms with Crippen molar-refractivity contribution in [2.75, 3.05) is 6.61 Å². The van der Waals surface area contributed by atoms with Crippen LogP contribution in [0.25, 0.3) is 23.1 Å². The van der Waals surface area contributed by atoms with Gasteiger partial charge < -0.3 is 4.74 Å². The summed E-state index contributed by atoms with van der Waals surface area (Å²) in [5.41, 5.74) is 3.15. The highest BCUT2D eigenvalue weighted by Crippen LogP contribution is 2.17. The van der Waals surface area contributed by atoms with Gasteiger partial charge in [0.25, 0.3) is 0 Å². The van der Waals surface area contributed by atoms with Crippen molar-refractivity contribution >= 4 is 23.1 Å². The van der Waals surface area contributed by atoms with Crippen molar-refractivity contribution in [2.45, 2.75) is 45.4 Å². The number of aromatic nitrogens is 1. The van der Waals surface area contributed by atoms with Crippen LogP contribution in [0.1, 0.15) is 56.7 Å². The first-order valence-corrected chi connectivity index (χ1v) is 10.1. The average Bonchev–Trinajstić information content (AvgIpc) is 2.72. The topological polar surface area (TPSA) is 22.1 Å². The zero-order valence-electron chi connectivity index (χ0n) is 16.2. The van der Waals surface area contributed by atoms with E-state index in [1.165, 1.54) is 37.5 Å². The van der Waals surface area contributed by atoms with Gasteiger partial charge in [-0.1, -0.05) is 81.5 Å². The molecule has 0 atom stereocenters. The van der Waals surface area contributed by atoms with Crippen LogP contribution >= 0.6 is 0 Å². The molecule has 0 aliphatic heterocycles. The molecule has 0 bridgehead atoms. The Morgan fingerprint density at radius 2 is 1.56 bits per heavy atom. The lowest BCUT2D eigenvalue weighted by Crippen LogP contribution is -1.97. The van der Waals surface area contributed by atoms with E-state index in [4.69, 9.17) is 4.74 Å². The highest BCUT2D eigenvalue weighted by molar-refractivity contribution is 5.80. The van der Waals surface area contributed by atoms with Crippen LogP contribution in [0.2, 0.25) is 0 Å². The number of pyridine rings is 1. The third-order valence-electron chi connectivity index (χ3n) is 4.71. The molecule has 0 aliphatic rings. The van der Waals surface area contributed by atoms with E-state index < -0.39 is 0 Å². The van der Waals surface area contributed by atoms with Crippen LogP contribution in [0.15, 0.2) is 60.7 Å². The Kier molecular flexibility index (Phi) is 7.46. The summed E-state index contributed by atoms with van der Waals surface area (Å²) in [6, 6.07) is 20.6. The Bertz CT molecular complexity index is 852. The van der Waals surface area contributed by atoms with Gasteiger partial charge in [0.2, 0.25) is 0 Å². The van der Waals surface area contributed by atoms with Crippen LogP contribution in [0, 0.1) is 0 Å². The summed E-state index contributed by atoms with van der Waals surface area (Å²) < 4.78 is 5.84. The fourth-order valence-corrected chi connectivity index (χ4v) is 3.10. The van der Waals surface area contributed by atoms with Crippen LogP contribution in [0.5, 0.6) is 5.75 Å². The van der Waals surface area contributed by atoms with E-state index in [2.05, 4.69) is 54.4 Å². The average molecular weight is 360 g/mol. The molecule has 0 saturated carbocycles. The number of fused-ring (bicyclic) bond motifs is 1. The van der Waals surface area contributed by atoms with Crippen LogP contribution in [0.3, 0.4) is 0 Å². The molecule has 3 rings (SSSR count). The highest BCUT2D eigenvalue weighted by atomic mass is 16.5. The third kappa shape index (κ3) is 6.25. The van der Waals surface area contributed by atoms with Crippen LogP contribution in [-0.4, -0.2) is 11.6 Å². The van der Waals surface area contributed by atoms with Crippen LogP contribution < -0.4 is 4.74 Å². The monoisotopic (exact) mass is 359 g/mol. The van der Waals surface area contributed by atoms with Crippen LogP contribution in [0.4, 0.5) is 0 Å². The zero-order chi connectivity index (χ0) is 18.7. The molecule has 0 unspecified atom stereocenters. The number of para-hydroxylation sites is 1. The van der Waals surface area contributed by atoms with Gasteiger partial charge in [-0.05, 0) is 42.3 Å². The maximum absolute atomic E-state index is 5.84. The van der Waals surface area contributed by atoms with Gasteiger partial charge in [-0.3, -0.25) is 0 Å². The molecule has 2 heteroatoms. The first kappa shape index (κ1) is 19.2. The molecule has 0 amide bonds. The summed E-state index contributed by atoms with van der Waals surface area (Å²) in [4.78, 5) is 4.67. The second-order valence-electron chi connectivity index (χ2n) is 6.95. The van der Waals surface area contributed by atoms with Gasteiger partial charge in [-0.2, -0.15) is 0 Å². The van der Waals surface area contributed by atoms with Crippen molar-refractivity contribution in [3.63, 3.8) is 0 Å². The second kappa shape index (κ2) is 10.5. The molecule has 0 spiro atoms. The fraction of sp³-hybridized carbons (Fsp3) is 0.320. The van der Waals surface area contributed by atoms with Gasteiger partial charge >= 0.3 is 0 Å². The molecule has 0 N–H and O–H groups in total. The van der Waals surface area contributed by atoms with Gasteiger partial charge in [-0.15, -0.1) is 0 Å². The predicted molar refractivity (Wildman–Crippen MR) is 116 cm³/mol. The molecule has 0 saturated heterocycles. The predicted octanol–water partition coefficient (Wildman–Crippen LogP) is 7.14. The number of hydrogen-bond acceptors (Lipinski definition) is 2. The summed E-state index contributed by atoms with van der Waals surface area (Å²) in [6.07, 6.45) is 11.9. The van der Waals surface area contributed by atoms with E-state index in [0.29, 0.717) is 0 Å². The normalized spacial score (nSPS) is 11.3. The van der Waals surface area contributed by atoms with Gasteiger partial charge in [-0.25, -0.2) is 4.98 Å². The van der Waals surface area contributed by atoms with E-state index >= 15 is 0 Å². The molecule has 1 aromatic heterocycles. The molecular formula is C25H29NO. The SMILES string of the molecule is CCCCCCCCOc1ccc(/C=C/c2ccc3ccccc3n2)cc1. The Balaban J connectivity index is 1.47. The fourth-order valence-electron chi connectivity index (χ4n) is 3.10. The summed E-state index contributed by atoms with van der Waals surface area (Å²) in [5.74, 6) is 0.949. The molecule has 3 aromatic rings. The van der Waals surface area contributed by atoms with E-state index in [1.807, 2.05) is 30.3 Å². The molecule has 0 radical (unpaired) electrons. The lowest BCUT2D eigenvalue weighted by molar-refractivity contribution is 0.304. The number of rotatable bonds is 10. The van der Waals surface area contributed by atoms with E-state index in [1.54, 1.807) is 0 Å². The smallest absolute Gasteiger partial charge is 0.119 e. The standard InChI is InChI=1S/C25H29NO/c1-2-3-4-5-6-9-20-27-24-18-13-21(14-19-24)12-16-23-17-15-22-10-7-8-11-25(22)26-23/h7-8,10-19H,2-6,9,20H2,1H3/b16-12+. The maximum atomic E-state index is 5.84. The number of nitrogens with zero attached hydrogens (tertiary/aromatic N) is 1. The highest BCUT2D eigenvalue weighted by Gasteiger charge is 1.97. The largest absolute Gasteiger partial charge is 0.494 e. The summed E-state index contributed by atoms with van der Waals surface area (Å²) in [6.45, 7) is 3.06.